The fourth-order valence-electron chi connectivity index (χ4n) is 4.15. The van der Waals surface area contributed by atoms with Crippen LogP contribution < -0.4 is 15.4 Å². The van der Waals surface area contributed by atoms with Crippen molar-refractivity contribution in [3.05, 3.63) is 39.5 Å². The maximum absolute atomic E-state index is 13.2. The van der Waals surface area contributed by atoms with E-state index in [9.17, 15) is 4.79 Å². The van der Waals surface area contributed by atoms with Gasteiger partial charge in [0, 0.05) is 50.5 Å². The lowest BCUT2D eigenvalue weighted by Crippen LogP contribution is -2.61. The van der Waals surface area contributed by atoms with Crippen LogP contribution in [0.2, 0.25) is 5.02 Å². The Bertz CT molecular complexity index is 998. The minimum atomic E-state index is -0.0614. The molecule has 0 N–H and O–H groups in total. The highest BCUT2D eigenvalue weighted by molar-refractivity contribution is 6.36. The minimum Gasteiger partial charge on any atom is -0.358 e. The maximum Gasteiger partial charge on any atom is 0.276 e. The van der Waals surface area contributed by atoms with Crippen LogP contribution in [0.25, 0.3) is 10.9 Å². The predicted molar refractivity (Wildman–Crippen MR) is 108 cm³/mol. The molecule has 2 atom stereocenters. The van der Waals surface area contributed by atoms with Crippen molar-refractivity contribution in [3.8, 4) is 0 Å². The molecule has 0 saturated carbocycles. The van der Waals surface area contributed by atoms with E-state index in [1.54, 1.807) is 11.6 Å². The summed E-state index contributed by atoms with van der Waals surface area (Å²) in [4.78, 5) is 24.3. The molecule has 4 rings (SSSR count). The van der Waals surface area contributed by atoms with Crippen LogP contribution in [0.5, 0.6) is 0 Å². The van der Waals surface area contributed by atoms with Crippen molar-refractivity contribution in [2.45, 2.75) is 25.9 Å². The molecule has 138 valence electrons. The van der Waals surface area contributed by atoms with Crippen molar-refractivity contribution < 1.29 is 0 Å². The minimum absolute atomic E-state index is 0.0614. The van der Waals surface area contributed by atoms with E-state index in [1.165, 1.54) is 0 Å². The summed E-state index contributed by atoms with van der Waals surface area (Å²) in [6.45, 7) is 10.1. The lowest BCUT2D eigenvalue weighted by molar-refractivity contribution is 0.208. The molecule has 2 aliphatic heterocycles. The van der Waals surface area contributed by atoms with Crippen molar-refractivity contribution in [1.82, 2.24) is 14.5 Å². The van der Waals surface area contributed by atoms with Crippen LogP contribution in [0, 0.1) is 6.92 Å². The molecule has 0 bridgehead atoms. The summed E-state index contributed by atoms with van der Waals surface area (Å²) < 4.78 is 1.63. The van der Waals surface area contributed by atoms with E-state index in [0.29, 0.717) is 16.8 Å². The van der Waals surface area contributed by atoms with Gasteiger partial charge in [0.25, 0.3) is 5.56 Å². The number of hydrogen-bond donors (Lipinski definition) is 0. The molecule has 1 fully saturated rings. The first kappa shape index (κ1) is 17.4. The van der Waals surface area contributed by atoms with Gasteiger partial charge in [-0.05, 0) is 20.9 Å². The van der Waals surface area contributed by atoms with Gasteiger partial charge < -0.3 is 14.4 Å². The van der Waals surface area contributed by atoms with Crippen LogP contribution in [0.4, 0.5) is 11.4 Å². The lowest BCUT2D eigenvalue weighted by atomic mass is 9.97. The van der Waals surface area contributed by atoms with Crippen LogP contribution in [-0.2, 0) is 7.05 Å². The number of fused-ring (bicyclic) bond motifs is 5. The fourth-order valence-corrected chi connectivity index (χ4v) is 4.43. The Morgan fingerprint density at radius 2 is 1.92 bits per heavy atom. The predicted octanol–water partition coefficient (Wildman–Crippen LogP) is 2.37. The van der Waals surface area contributed by atoms with Crippen LogP contribution >= 0.6 is 11.6 Å². The van der Waals surface area contributed by atoms with Crippen LogP contribution in [0.1, 0.15) is 12.6 Å². The number of piperazine rings is 1. The van der Waals surface area contributed by atoms with Crippen molar-refractivity contribution in [3.63, 3.8) is 0 Å². The summed E-state index contributed by atoms with van der Waals surface area (Å²) in [7, 11) is 5.83. The molecule has 2 unspecified atom stereocenters. The van der Waals surface area contributed by atoms with Crippen LogP contribution in [0.15, 0.2) is 23.3 Å². The van der Waals surface area contributed by atoms with E-state index in [4.69, 9.17) is 11.6 Å². The quantitative estimate of drug-likeness (QED) is 0.709. The average Bonchev–Trinajstić information content (AvgIpc) is 2.60. The van der Waals surface area contributed by atoms with Gasteiger partial charge in [-0.1, -0.05) is 18.2 Å². The van der Waals surface area contributed by atoms with Gasteiger partial charge in [0.05, 0.1) is 28.0 Å². The van der Waals surface area contributed by atoms with Gasteiger partial charge in [-0.3, -0.25) is 14.7 Å². The van der Waals surface area contributed by atoms with Gasteiger partial charge in [-0.2, -0.15) is 0 Å². The molecular weight excluding hydrogens is 350 g/mol. The lowest BCUT2D eigenvalue weighted by Gasteiger charge is -2.51. The summed E-state index contributed by atoms with van der Waals surface area (Å²) >= 11 is 6.56. The molecule has 0 spiro atoms. The maximum atomic E-state index is 13.2. The number of rotatable bonds is 0. The molecule has 2 aliphatic rings. The van der Waals surface area contributed by atoms with Gasteiger partial charge in [-0.15, -0.1) is 0 Å². The van der Waals surface area contributed by atoms with E-state index >= 15 is 0 Å². The largest absolute Gasteiger partial charge is 0.358 e. The summed E-state index contributed by atoms with van der Waals surface area (Å²) in [5.41, 5.74) is 3.93. The zero-order valence-corrected chi connectivity index (χ0v) is 16.6. The monoisotopic (exact) mass is 373 g/mol. The van der Waals surface area contributed by atoms with Crippen molar-refractivity contribution in [2.24, 2.45) is 7.05 Å². The summed E-state index contributed by atoms with van der Waals surface area (Å²) in [6, 6.07) is 0.507. The first-order valence-electron chi connectivity index (χ1n) is 8.81. The Labute approximate surface area is 158 Å². The Kier molecular flexibility index (Phi) is 3.82. The van der Waals surface area contributed by atoms with Gasteiger partial charge in [0.1, 0.15) is 5.69 Å². The zero-order chi connectivity index (χ0) is 18.9. The average molecular weight is 374 g/mol. The first-order valence-corrected chi connectivity index (χ1v) is 9.19. The normalized spacial score (nSPS) is 23.4. The molecule has 0 aromatic carbocycles. The van der Waals surface area contributed by atoms with Gasteiger partial charge in [-0.25, -0.2) is 0 Å². The van der Waals surface area contributed by atoms with E-state index in [1.807, 2.05) is 25.1 Å². The molecule has 26 heavy (non-hydrogen) atoms. The third-order valence-corrected chi connectivity index (χ3v) is 6.43. The number of nitrogens with zero attached hydrogens (tertiary/aromatic N) is 5. The number of pyridine rings is 2. The Morgan fingerprint density at radius 1 is 1.23 bits per heavy atom. The molecular formula is C19H24ClN5O. The summed E-state index contributed by atoms with van der Waals surface area (Å²) in [5.74, 6) is 0. The van der Waals surface area contributed by atoms with Gasteiger partial charge in [0.2, 0.25) is 0 Å². The van der Waals surface area contributed by atoms with Crippen molar-refractivity contribution in [2.75, 3.05) is 37.0 Å². The van der Waals surface area contributed by atoms with E-state index in [0.717, 1.165) is 41.1 Å². The Balaban J connectivity index is 2.11. The van der Waals surface area contributed by atoms with Crippen LogP contribution in [0.3, 0.4) is 0 Å². The highest BCUT2D eigenvalue weighted by Gasteiger charge is 2.41. The molecule has 0 radical (unpaired) electrons. The fraction of sp³-hybridized carbons (Fsp3) is 0.474. The summed E-state index contributed by atoms with van der Waals surface area (Å²) in [5, 5.41) is 1.45. The third kappa shape index (κ3) is 2.15. The number of aryl methyl sites for hydroxylation is 2. The Morgan fingerprint density at radius 3 is 2.62 bits per heavy atom. The SMILES string of the molecule is C=C1C2CN(C)C(C)CN2c2c(c(=O)n(C)c3c(Cl)c(C)ncc23)N1C. The third-order valence-electron chi connectivity index (χ3n) is 5.98. The van der Waals surface area contributed by atoms with Gasteiger partial charge >= 0.3 is 0 Å². The van der Waals surface area contributed by atoms with E-state index < -0.39 is 0 Å². The van der Waals surface area contributed by atoms with E-state index in [2.05, 4.69) is 35.3 Å². The highest BCUT2D eigenvalue weighted by Crippen LogP contribution is 2.44. The second-order valence-electron chi connectivity index (χ2n) is 7.49. The van der Waals surface area contributed by atoms with E-state index in [-0.39, 0.29) is 11.6 Å². The molecule has 7 heteroatoms. The molecule has 2 aromatic heterocycles. The number of aromatic nitrogens is 2. The molecule has 2 aromatic rings. The molecule has 0 amide bonds. The highest BCUT2D eigenvalue weighted by atomic mass is 35.5. The van der Waals surface area contributed by atoms with Crippen molar-refractivity contribution >= 4 is 33.9 Å². The van der Waals surface area contributed by atoms with Crippen molar-refractivity contribution in [1.29, 1.82) is 0 Å². The first-order chi connectivity index (χ1) is 12.2. The standard InChI is InChI=1S/C19H24ClN5O/c1-10-8-25-14(9-22(10)4)12(3)23(5)18-17(25)13-7-21-11(2)15(20)16(13)24(6)19(18)26/h7,10,14H,3,8-9H2,1-2,4-6H3. The summed E-state index contributed by atoms with van der Waals surface area (Å²) in [6.07, 6.45) is 1.84. The topological polar surface area (TPSA) is 44.6 Å². The van der Waals surface area contributed by atoms with Crippen LogP contribution in [-0.4, -0.2) is 53.7 Å². The number of anilines is 2. The number of likely N-dealkylation sites (N-methyl/N-ethyl adjacent to an activating group) is 2. The molecule has 6 nitrogen and oxygen atoms in total. The Hall–Kier alpha value is -2.05. The van der Waals surface area contributed by atoms with Gasteiger partial charge in [0.15, 0.2) is 0 Å². The molecule has 1 saturated heterocycles. The zero-order valence-electron chi connectivity index (χ0n) is 15.9. The smallest absolute Gasteiger partial charge is 0.276 e. The molecule has 0 aliphatic carbocycles. The molecule has 4 heterocycles. The number of halogens is 1. The second kappa shape index (κ2) is 5.72. The number of hydrogen-bond acceptors (Lipinski definition) is 5. The second-order valence-corrected chi connectivity index (χ2v) is 7.87.